The number of hydrogen-bond donors (Lipinski definition) is 0. The Kier molecular flexibility index (Phi) is 1.47. The Labute approximate surface area is 79.2 Å². The Morgan fingerprint density at radius 1 is 1.23 bits per heavy atom. The van der Waals surface area contributed by atoms with Crippen molar-refractivity contribution in [3.8, 4) is 0 Å². The number of hydrogen-bond acceptors (Lipinski definition) is 1. The van der Waals surface area contributed by atoms with Gasteiger partial charge in [0.05, 0.1) is 0 Å². The number of carbonyl (C=O) groups excluding carboxylic acids is 1. The van der Waals surface area contributed by atoms with Gasteiger partial charge in [-0.05, 0) is 37.7 Å². The van der Waals surface area contributed by atoms with E-state index < -0.39 is 0 Å². The zero-order valence-corrected chi connectivity index (χ0v) is 7.96. The normalized spacial score (nSPS) is 47.8. The molecule has 3 aliphatic carbocycles. The number of rotatable bonds is 0. The van der Waals surface area contributed by atoms with Crippen molar-refractivity contribution in [2.45, 2.75) is 38.5 Å². The van der Waals surface area contributed by atoms with Gasteiger partial charge in [0.15, 0.2) is 5.78 Å². The molecule has 0 aromatic heterocycles. The van der Waals surface area contributed by atoms with Crippen LogP contribution in [-0.4, -0.2) is 5.78 Å². The predicted octanol–water partition coefficient (Wildman–Crippen LogP) is 2.71. The van der Waals surface area contributed by atoms with Crippen LogP contribution >= 0.6 is 0 Å². The maximum atomic E-state index is 11.6. The number of ketones is 1. The maximum absolute atomic E-state index is 11.6. The van der Waals surface area contributed by atoms with E-state index in [1.165, 1.54) is 32.1 Å². The van der Waals surface area contributed by atoms with Crippen molar-refractivity contribution in [3.63, 3.8) is 0 Å². The molecule has 0 bridgehead atoms. The van der Waals surface area contributed by atoms with E-state index in [1.54, 1.807) is 0 Å². The van der Waals surface area contributed by atoms with Crippen molar-refractivity contribution in [1.82, 2.24) is 0 Å². The second kappa shape index (κ2) is 2.46. The Morgan fingerprint density at radius 2 is 2.15 bits per heavy atom. The first-order valence-electron chi connectivity index (χ1n) is 5.56. The van der Waals surface area contributed by atoms with Gasteiger partial charge in [-0.25, -0.2) is 0 Å². The van der Waals surface area contributed by atoms with Gasteiger partial charge >= 0.3 is 0 Å². The van der Waals surface area contributed by atoms with Gasteiger partial charge in [0.1, 0.15) is 0 Å². The molecule has 3 aliphatic rings. The highest BCUT2D eigenvalue weighted by molar-refractivity contribution is 5.95. The minimum absolute atomic E-state index is 0.343. The molecule has 0 N–H and O–H groups in total. The third kappa shape index (κ3) is 0.853. The van der Waals surface area contributed by atoms with Gasteiger partial charge in [-0.3, -0.25) is 4.79 Å². The molecule has 0 radical (unpaired) electrons. The fourth-order valence-corrected chi connectivity index (χ4v) is 3.90. The van der Waals surface area contributed by atoms with Crippen LogP contribution < -0.4 is 0 Å². The minimum atomic E-state index is 0.343. The summed E-state index contributed by atoms with van der Waals surface area (Å²) in [6, 6.07) is 0. The summed E-state index contributed by atoms with van der Waals surface area (Å²) in [7, 11) is 0. The molecule has 0 unspecified atom stereocenters. The monoisotopic (exact) mass is 176 g/mol. The second-order valence-electron chi connectivity index (χ2n) is 4.92. The molecule has 0 amide bonds. The largest absolute Gasteiger partial charge is 0.295 e. The SMILES string of the molecule is O=C1C=C[C@@]23CCCC[C@@H]2CC[C@@H]13. The van der Waals surface area contributed by atoms with E-state index in [2.05, 4.69) is 6.08 Å². The summed E-state index contributed by atoms with van der Waals surface area (Å²) in [6.45, 7) is 0. The molecule has 2 fully saturated rings. The molecule has 3 rings (SSSR count). The molecule has 3 atom stereocenters. The predicted molar refractivity (Wildman–Crippen MR) is 51.3 cm³/mol. The molecular formula is C12H16O. The van der Waals surface area contributed by atoms with Gasteiger partial charge in [0, 0.05) is 11.3 Å². The maximum Gasteiger partial charge on any atom is 0.159 e. The molecule has 0 aliphatic heterocycles. The van der Waals surface area contributed by atoms with Crippen LogP contribution in [0.15, 0.2) is 12.2 Å². The van der Waals surface area contributed by atoms with Crippen LogP contribution in [0.25, 0.3) is 0 Å². The Morgan fingerprint density at radius 3 is 3.08 bits per heavy atom. The Balaban J connectivity index is 2.01. The lowest BCUT2D eigenvalue weighted by Crippen LogP contribution is -2.32. The summed E-state index contributed by atoms with van der Waals surface area (Å²) in [5.74, 6) is 1.65. The fourth-order valence-electron chi connectivity index (χ4n) is 3.90. The first kappa shape index (κ1) is 7.78. The topological polar surface area (TPSA) is 17.1 Å². The molecule has 1 spiro atoms. The van der Waals surface area contributed by atoms with Crippen molar-refractivity contribution in [2.75, 3.05) is 0 Å². The number of allylic oxidation sites excluding steroid dienone is 2. The van der Waals surface area contributed by atoms with Crippen molar-refractivity contribution in [2.24, 2.45) is 17.3 Å². The van der Waals surface area contributed by atoms with E-state index in [0.29, 0.717) is 17.1 Å². The molecule has 2 saturated carbocycles. The molecule has 0 heterocycles. The van der Waals surface area contributed by atoms with Gasteiger partial charge in [-0.1, -0.05) is 18.9 Å². The Bertz CT molecular complexity index is 279. The molecular weight excluding hydrogens is 160 g/mol. The van der Waals surface area contributed by atoms with Crippen LogP contribution in [0.4, 0.5) is 0 Å². The minimum Gasteiger partial charge on any atom is -0.295 e. The Hall–Kier alpha value is -0.590. The lowest BCUT2D eigenvalue weighted by molar-refractivity contribution is -0.119. The van der Waals surface area contributed by atoms with Crippen molar-refractivity contribution >= 4 is 5.78 Å². The summed E-state index contributed by atoms with van der Waals surface area (Å²) < 4.78 is 0. The summed E-state index contributed by atoms with van der Waals surface area (Å²) in [6.07, 6.45) is 12.0. The van der Waals surface area contributed by atoms with Gasteiger partial charge in [-0.15, -0.1) is 0 Å². The summed E-state index contributed by atoms with van der Waals surface area (Å²) in [5.41, 5.74) is 0.343. The highest BCUT2D eigenvalue weighted by atomic mass is 16.1. The van der Waals surface area contributed by atoms with Crippen LogP contribution in [-0.2, 0) is 4.79 Å². The third-order valence-electron chi connectivity index (χ3n) is 4.53. The first-order chi connectivity index (χ1) is 6.33. The smallest absolute Gasteiger partial charge is 0.159 e. The van der Waals surface area contributed by atoms with Crippen LogP contribution in [0.2, 0.25) is 0 Å². The van der Waals surface area contributed by atoms with Gasteiger partial charge < -0.3 is 0 Å². The van der Waals surface area contributed by atoms with Crippen LogP contribution in [0.3, 0.4) is 0 Å². The zero-order valence-electron chi connectivity index (χ0n) is 7.96. The quantitative estimate of drug-likeness (QED) is 0.554. The van der Waals surface area contributed by atoms with E-state index in [1.807, 2.05) is 6.08 Å². The van der Waals surface area contributed by atoms with E-state index in [0.717, 1.165) is 12.3 Å². The molecule has 0 aromatic rings. The third-order valence-corrected chi connectivity index (χ3v) is 4.53. The first-order valence-corrected chi connectivity index (χ1v) is 5.56. The molecule has 1 nitrogen and oxygen atoms in total. The van der Waals surface area contributed by atoms with Gasteiger partial charge in [-0.2, -0.15) is 0 Å². The summed E-state index contributed by atoms with van der Waals surface area (Å²) in [5, 5.41) is 0. The van der Waals surface area contributed by atoms with Crippen molar-refractivity contribution < 1.29 is 4.79 Å². The molecule has 70 valence electrons. The van der Waals surface area contributed by atoms with E-state index in [4.69, 9.17) is 0 Å². The van der Waals surface area contributed by atoms with E-state index >= 15 is 0 Å². The lowest BCUT2D eigenvalue weighted by atomic mass is 9.66. The number of carbonyl (C=O) groups is 1. The van der Waals surface area contributed by atoms with Gasteiger partial charge in [0.2, 0.25) is 0 Å². The highest BCUT2D eigenvalue weighted by Gasteiger charge is 2.53. The zero-order chi connectivity index (χ0) is 8.89. The fraction of sp³-hybridized carbons (Fsp3) is 0.750. The average Bonchev–Trinajstić information content (AvgIpc) is 2.65. The molecule has 13 heavy (non-hydrogen) atoms. The van der Waals surface area contributed by atoms with Crippen LogP contribution in [0, 0.1) is 17.3 Å². The molecule has 0 aromatic carbocycles. The molecule has 0 saturated heterocycles. The van der Waals surface area contributed by atoms with Crippen molar-refractivity contribution in [1.29, 1.82) is 0 Å². The van der Waals surface area contributed by atoms with Crippen molar-refractivity contribution in [3.05, 3.63) is 12.2 Å². The summed E-state index contributed by atoms with van der Waals surface area (Å²) >= 11 is 0. The van der Waals surface area contributed by atoms with Gasteiger partial charge in [0.25, 0.3) is 0 Å². The lowest BCUT2D eigenvalue weighted by Gasteiger charge is -2.38. The molecule has 1 heteroatoms. The van der Waals surface area contributed by atoms with Crippen LogP contribution in [0.1, 0.15) is 38.5 Å². The van der Waals surface area contributed by atoms with E-state index in [-0.39, 0.29) is 0 Å². The standard InChI is InChI=1S/C12H16O/c13-11-6-8-12-7-2-1-3-9(12)4-5-10(11)12/h6,8-10H,1-5,7H2/t9-,10+,12+/m1/s1. The van der Waals surface area contributed by atoms with Crippen LogP contribution in [0.5, 0.6) is 0 Å². The average molecular weight is 176 g/mol. The second-order valence-corrected chi connectivity index (χ2v) is 4.92. The highest BCUT2D eigenvalue weighted by Crippen LogP contribution is 2.59. The summed E-state index contributed by atoms with van der Waals surface area (Å²) in [4.78, 5) is 11.6. The van der Waals surface area contributed by atoms with E-state index in [9.17, 15) is 4.79 Å².